The Balaban J connectivity index is 1.96. The van der Waals surface area contributed by atoms with Gasteiger partial charge in [0.2, 0.25) is 0 Å². The van der Waals surface area contributed by atoms with E-state index in [1.165, 1.54) is 12.8 Å². The van der Waals surface area contributed by atoms with Crippen LogP contribution in [-0.4, -0.2) is 49.7 Å². The highest BCUT2D eigenvalue weighted by Gasteiger charge is 2.39. The van der Waals surface area contributed by atoms with Crippen molar-refractivity contribution in [3.05, 3.63) is 0 Å². The Hall–Kier alpha value is -0.160. The molecule has 1 unspecified atom stereocenters. The second kappa shape index (κ2) is 4.57. The SMILES string of the molecule is OC1(C2CCCCN2)COCCOC1. The van der Waals surface area contributed by atoms with Crippen molar-refractivity contribution in [2.45, 2.75) is 30.9 Å². The molecule has 14 heavy (non-hydrogen) atoms. The van der Waals surface area contributed by atoms with Crippen LogP contribution in [0.5, 0.6) is 0 Å². The molecule has 0 aliphatic carbocycles. The first kappa shape index (κ1) is 10.4. The molecule has 2 aliphatic rings. The van der Waals surface area contributed by atoms with E-state index >= 15 is 0 Å². The van der Waals surface area contributed by atoms with Gasteiger partial charge in [0.15, 0.2) is 0 Å². The van der Waals surface area contributed by atoms with Gasteiger partial charge in [-0.15, -0.1) is 0 Å². The zero-order valence-electron chi connectivity index (χ0n) is 8.50. The number of hydrogen-bond acceptors (Lipinski definition) is 4. The Morgan fingerprint density at radius 3 is 2.43 bits per heavy atom. The average molecular weight is 201 g/mol. The minimum Gasteiger partial charge on any atom is -0.383 e. The molecular weight excluding hydrogens is 182 g/mol. The summed E-state index contributed by atoms with van der Waals surface area (Å²) in [5.41, 5.74) is -0.822. The minimum absolute atomic E-state index is 0.134. The van der Waals surface area contributed by atoms with Crippen molar-refractivity contribution in [1.82, 2.24) is 5.32 Å². The van der Waals surface area contributed by atoms with Crippen LogP contribution in [0.1, 0.15) is 19.3 Å². The maximum atomic E-state index is 10.4. The predicted molar refractivity (Wildman–Crippen MR) is 52.2 cm³/mol. The first-order valence-electron chi connectivity index (χ1n) is 5.42. The Morgan fingerprint density at radius 1 is 1.14 bits per heavy atom. The second-order valence-corrected chi connectivity index (χ2v) is 4.21. The Morgan fingerprint density at radius 2 is 1.86 bits per heavy atom. The Bertz CT molecular complexity index is 172. The molecule has 4 heteroatoms. The molecule has 2 rings (SSSR count). The van der Waals surface area contributed by atoms with E-state index < -0.39 is 5.60 Å². The molecule has 2 aliphatic heterocycles. The van der Waals surface area contributed by atoms with Crippen molar-refractivity contribution in [3.8, 4) is 0 Å². The summed E-state index contributed by atoms with van der Waals surface area (Å²) in [6, 6.07) is 0.134. The average Bonchev–Trinajstić information content (AvgIpc) is 2.46. The number of piperidine rings is 1. The van der Waals surface area contributed by atoms with E-state index in [1.54, 1.807) is 0 Å². The van der Waals surface area contributed by atoms with Gasteiger partial charge in [-0.1, -0.05) is 6.42 Å². The largest absolute Gasteiger partial charge is 0.383 e. The molecule has 2 fully saturated rings. The molecule has 0 aromatic heterocycles. The summed E-state index contributed by atoms with van der Waals surface area (Å²) < 4.78 is 10.7. The van der Waals surface area contributed by atoms with Gasteiger partial charge >= 0.3 is 0 Å². The topological polar surface area (TPSA) is 50.7 Å². The van der Waals surface area contributed by atoms with E-state index in [4.69, 9.17) is 9.47 Å². The third-order valence-corrected chi connectivity index (χ3v) is 3.03. The molecule has 82 valence electrons. The van der Waals surface area contributed by atoms with Crippen molar-refractivity contribution < 1.29 is 14.6 Å². The van der Waals surface area contributed by atoms with Gasteiger partial charge in [-0.05, 0) is 19.4 Å². The van der Waals surface area contributed by atoms with Crippen LogP contribution in [0.4, 0.5) is 0 Å². The van der Waals surface area contributed by atoms with Gasteiger partial charge in [-0.2, -0.15) is 0 Å². The lowest BCUT2D eigenvalue weighted by atomic mass is 9.89. The van der Waals surface area contributed by atoms with Crippen LogP contribution in [-0.2, 0) is 9.47 Å². The summed E-state index contributed by atoms with van der Waals surface area (Å²) in [4.78, 5) is 0. The van der Waals surface area contributed by atoms with Crippen molar-refractivity contribution >= 4 is 0 Å². The second-order valence-electron chi connectivity index (χ2n) is 4.21. The highest BCUT2D eigenvalue weighted by atomic mass is 16.6. The lowest BCUT2D eigenvalue weighted by molar-refractivity contribution is -0.0846. The van der Waals surface area contributed by atoms with E-state index in [0.717, 1.165) is 13.0 Å². The summed E-state index contributed by atoms with van der Waals surface area (Å²) in [6.45, 7) is 2.96. The quantitative estimate of drug-likeness (QED) is 0.622. The van der Waals surface area contributed by atoms with Crippen LogP contribution in [0.2, 0.25) is 0 Å². The number of nitrogens with one attached hydrogen (secondary N) is 1. The molecule has 1 atom stereocenters. The first-order valence-corrected chi connectivity index (χ1v) is 5.42. The van der Waals surface area contributed by atoms with Crippen LogP contribution in [0.15, 0.2) is 0 Å². The van der Waals surface area contributed by atoms with Gasteiger partial charge in [-0.25, -0.2) is 0 Å². The van der Waals surface area contributed by atoms with Gasteiger partial charge in [-0.3, -0.25) is 0 Å². The highest BCUT2D eigenvalue weighted by Crippen LogP contribution is 2.21. The summed E-state index contributed by atoms with van der Waals surface area (Å²) in [5, 5.41) is 13.7. The van der Waals surface area contributed by atoms with Crippen LogP contribution < -0.4 is 5.32 Å². The van der Waals surface area contributed by atoms with Gasteiger partial charge in [0.25, 0.3) is 0 Å². The minimum atomic E-state index is -0.822. The normalized spacial score (nSPS) is 33.6. The maximum absolute atomic E-state index is 10.4. The van der Waals surface area contributed by atoms with Crippen molar-refractivity contribution in [2.24, 2.45) is 0 Å². The van der Waals surface area contributed by atoms with E-state index in [0.29, 0.717) is 26.4 Å². The maximum Gasteiger partial charge on any atom is 0.126 e. The van der Waals surface area contributed by atoms with Crippen LogP contribution >= 0.6 is 0 Å². The fourth-order valence-electron chi connectivity index (χ4n) is 2.17. The van der Waals surface area contributed by atoms with E-state index in [9.17, 15) is 5.11 Å². The third kappa shape index (κ3) is 2.25. The molecule has 0 saturated carbocycles. The highest BCUT2D eigenvalue weighted by molar-refractivity contribution is 4.94. The summed E-state index contributed by atoms with van der Waals surface area (Å²) >= 11 is 0. The van der Waals surface area contributed by atoms with Crippen molar-refractivity contribution in [1.29, 1.82) is 0 Å². The number of rotatable bonds is 1. The molecule has 0 radical (unpaired) electrons. The Labute approximate surface area is 84.6 Å². The Kier molecular flexibility index (Phi) is 3.38. The summed E-state index contributed by atoms with van der Waals surface area (Å²) in [7, 11) is 0. The lowest BCUT2D eigenvalue weighted by Crippen LogP contribution is -2.57. The van der Waals surface area contributed by atoms with Crippen molar-refractivity contribution in [2.75, 3.05) is 33.0 Å². The molecule has 0 spiro atoms. The predicted octanol–water partition coefficient (Wildman–Crippen LogP) is -0.0936. The number of hydrogen-bond donors (Lipinski definition) is 2. The van der Waals surface area contributed by atoms with Crippen LogP contribution in [0.3, 0.4) is 0 Å². The lowest BCUT2D eigenvalue weighted by Gasteiger charge is -2.37. The zero-order chi connectivity index (χ0) is 9.86. The van der Waals surface area contributed by atoms with Crippen LogP contribution in [0, 0.1) is 0 Å². The number of aliphatic hydroxyl groups is 1. The third-order valence-electron chi connectivity index (χ3n) is 3.03. The summed E-state index contributed by atoms with van der Waals surface area (Å²) in [5.74, 6) is 0. The molecule has 4 nitrogen and oxygen atoms in total. The molecule has 0 aromatic carbocycles. The van der Waals surface area contributed by atoms with Crippen LogP contribution in [0.25, 0.3) is 0 Å². The van der Waals surface area contributed by atoms with Gasteiger partial charge in [0.05, 0.1) is 26.4 Å². The van der Waals surface area contributed by atoms with Gasteiger partial charge in [0.1, 0.15) is 5.60 Å². The molecule has 2 N–H and O–H groups in total. The van der Waals surface area contributed by atoms with E-state index in [2.05, 4.69) is 5.32 Å². The smallest absolute Gasteiger partial charge is 0.126 e. The fraction of sp³-hybridized carbons (Fsp3) is 1.00. The fourth-order valence-corrected chi connectivity index (χ4v) is 2.17. The van der Waals surface area contributed by atoms with E-state index in [1.807, 2.05) is 0 Å². The monoisotopic (exact) mass is 201 g/mol. The number of ether oxygens (including phenoxy) is 2. The van der Waals surface area contributed by atoms with E-state index in [-0.39, 0.29) is 6.04 Å². The summed E-state index contributed by atoms with van der Waals surface area (Å²) in [6.07, 6.45) is 3.40. The molecule has 0 amide bonds. The van der Waals surface area contributed by atoms with Crippen molar-refractivity contribution in [3.63, 3.8) is 0 Å². The first-order chi connectivity index (χ1) is 6.81. The zero-order valence-corrected chi connectivity index (χ0v) is 8.50. The molecular formula is C10H19NO3. The molecule has 0 aromatic rings. The van der Waals surface area contributed by atoms with Gasteiger partial charge < -0.3 is 19.9 Å². The molecule has 2 heterocycles. The molecule has 0 bridgehead atoms. The van der Waals surface area contributed by atoms with Gasteiger partial charge in [0, 0.05) is 6.04 Å². The standard InChI is InChI=1S/C10H19NO3/c12-10(7-13-5-6-14-8-10)9-3-1-2-4-11-9/h9,11-12H,1-8H2. The molecule has 2 saturated heterocycles.